The van der Waals surface area contributed by atoms with Crippen molar-refractivity contribution in [3.05, 3.63) is 45.0 Å². The van der Waals surface area contributed by atoms with Gasteiger partial charge in [0.2, 0.25) is 5.60 Å². The third-order valence-corrected chi connectivity index (χ3v) is 5.36. The fraction of sp³-hybridized carbons (Fsp3) is 0.500. The molecule has 0 unspecified atom stereocenters. The zero-order valence-electron chi connectivity index (χ0n) is 14.9. The van der Waals surface area contributed by atoms with Crippen LogP contribution < -0.4 is 0 Å². The Labute approximate surface area is 160 Å². The van der Waals surface area contributed by atoms with Crippen LogP contribution in [0, 0.1) is 16.0 Å². The van der Waals surface area contributed by atoms with Crippen LogP contribution in [0.4, 0.5) is 0 Å². The molecule has 8 nitrogen and oxygen atoms in total. The van der Waals surface area contributed by atoms with E-state index in [1.54, 1.807) is 31.2 Å². The van der Waals surface area contributed by atoms with Crippen LogP contribution in [-0.2, 0) is 19.2 Å². The average molecular weight is 395 g/mol. The van der Waals surface area contributed by atoms with Gasteiger partial charge in [0.15, 0.2) is 5.78 Å². The number of esters is 1. The maximum Gasteiger partial charge on any atom is 0.317 e. The molecule has 0 saturated heterocycles. The molecular weight excluding hydrogens is 376 g/mol. The first-order valence-electron chi connectivity index (χ1n) is 8.60. The van der Waals surface area contributed by atoms with Gasteiger partial charge in [0, 0.05) is 22.3 Å². The Morgan fingerprint density at radius 1 is 1.44 bits per heavy atom. The average Bonchev–Trinajstić information content (AvgIpc) is 2.90. The Morgan fingerprint density at radius 2 is 2.11 bits per heavy atom. The molecule has 0 amide bonds. The summed E-state index contributed by atoms with van der Waals surface area (Å²) in [4.78, 5) is 42.0. The molecule has 1 aromatic carbocycles. The molecule has 0 aromatic heterocycles. The van der Waals surface area contributed by atoms with Gasteiger partial charge in [0.05, 0.1) is 13.0 Å². The second-order valence-corrected chi connectivity index (χ2v) is 7.25. The van der Waals surface area contributed by atoms with Crippen molar-refractivity contribution in [2.45, 2.75) is 44.2 Å². The van der Waals surface area contributed by atoms with Gasteiger partial charge in [0.1, 0.15) is 11.6 Å². The highest BCUT2D eigenvalue weighted by atomic mass is 35.5. The molecule has 1 spiro atoms. The van der Waals surface area contributed by atoms with Crippen LogP contribution in [-0.4, -0.2) is 40.6 Å². The lowest BCUT2D eigenvalue weighted by Crippen LogP contribution is -2.55. The van der Waals surface area contributed by atoms with Crippen molar-refractivity contribution in [2.75, 3.05) is 6.61 Å². The molecule has 3 rings (SSSR count). The Morgan fingerprint density at radius 3 is 2.70 bits per heavy atom. The Kier molecular flexibility index (Phi) is 5.19. The maximum absolute atomic E-state index is 12.9. The largest absolute Gasteiger partial charge is 0.465 e. The van der Waals surface area contributed by atoms with Crippen molar-refractivity contribution in [2.24, 2.45) is 11.1 Å². The number of hydrogen-bond donors (Lipinski definition) is 0. The molecule has 1 fully saturated rings. The molecular formula is C18H19ClN2O6. The summed E-state index contributed by atoms with van der Waals surface area (Å²) in [5, 5.41) is 15.9. The number of nitro groups is 1. The van der Waals surface area contributed by atoms with Crippen LogP contribution >= 0.6 is 11.6 Å². The predicted molar refractivity (Wildman–Crippen MR) is 96.3 cm³/mol. The summed E-state index contributed by atoms with van der Waals surface area (Å²) >= 11 is 5.94. The monoisotopic (exact) mass is 394 g/mol. The number of benzene rings is 1. The van der Waals surface area contributed by atoms with Gasteiger partial charge in [-0.25, -0.2) is 0 Å². The van der Waals surface area contributed by atoms with Crippen molar-refractivity contribution in [3.8, 4) is 0 Å². The summed E-state index contributed by atoms with van der Waals surface area (Å²) in [5.74, 6) is -2.76. The van der Waals surface area contributed by atoms with E-state index in [0.29, 0.717) is 10.6 Å². The maximum atomic E-state index is 12.9. The number of oxime groups is 1. The number of halogens is 1. The fourth-order valence-corrected chi connectivity index (χ4v) is 4.13. The van der Waals surface area contributed by atoms with Gasteiger partial charge >= 0.3 is 5.97 Å². The van der Waals surface area contributed by atoms with E-state index >= 15 is 0 Å². The third kappa shape index (κ3) is 3.41. The van der Waals surface area contributed by atoms with Crippen molar-refractivity contribution < 1.29 is 24.1 Å². The van der Waals surface area contributed by atoms with Crippen LogP contribution in [0.25, 0.3) is 0 Å². The van der Waals surface area contributed by atoms with Gasteiger partial charge in [0.25, 0.3) is 6.04 Å². The number of carbonyl (C=O) groups excluding carboxylic acids is 2. The van der Waals surface area contributed by atoms with Gasteiger partial charge in [-0.05, 0) is 31.5 Å². The van der Waals surface area contributed by atoms with Crippen LogP contribution in [0.3, 0.4) is 0 Å². The van der Waals surface area contributed by atoms with Gasteiger partial charge in [-0.3, -0.25) is 19.7 Å². The quantitative estimate of drug-likeness (QED) is 0.336. The lowest BCUT2D eigenvalue weighted by atomic mass is 9.65. The number of hydrogen-bond acceptors (Lipinski definition) is 7. The summed E-state index contributed by atoms with van der Waals surface area (Å²) in [7, 11) is 0. The van der Waals surface area contributed by atoms with Crippen molar-refractivity contribution in [1.82, 2.24) is 0 Å². The van der Waals surface area contributed by atoms with Crippen molar-refractivity contribution >= 4 is 29.1 Å². The van der Waals surface area contributed by atoms with Crippen molar-refractivity contribution in [3.63, 3.8) is 0 Å². The lowest BCUT2D eigenvalue weighted by Gasteiger charge is -2.39. The lowest BCUT2D eigenvalue weighted by molar-refractivity contribution is -0.523. The Bertz CT molecular complexity index is 809. The summed E-state index contributed by atoms with van der Waals surface area (Å²) in [6.45, 7) is 3.29. The first kappa shape index (κ1) is 19.3. The van der Waals surface area contributed by atoms with Gasteiger partial charge < -0.3 is 9.57 Å². The first-order valence-corrected chi connectivity index (χ1v) is 8.98. The zero-order chi connectivity index (χ0) is 19.8. The Hall–Kier alpha value is -2.48. The van der Waals surface area contributed by atoms with E-state index in [0.717, 1.165) is 0 Å². The van der Waals surface area contributed by atoms with E-state index in [1.165, 1.54) is 6.92 Å². The number of ketones is 1. The fourth-order valence-electron chi connectivity index (χ4n) is 4.01. The van der Waals surface area contributed by atoms with Crippen LogP contribution in [0.1, 0.15) is 38.2 Å². The molecule has 1 saturated carbocycles. The molecule has 1 aromatic rings. The molecule has 1 aliphatic heterocycles. The normalized spacial score (nSPS) is 30.0. The highest BCUT2D eigenvalue weighted by Gasteiger charge is 2.63. The Balaban J connectivity index is 2.03. The molecule has 27 heavy (non-hydrogen) atoms. The summed E-state index contributed by atoms with van der Waals surface area (Å²) in [5.41, 5.74) is -0.532. The molecule has 0 radical (unpaired) electrons. The zero-order valence-corrected chi connectivity index (χ0v) is 15.6. The topological polar surface area (TPSA) is 108 Å². The number of rotatable bonds is 4. The van der Waals surface area contributed by atoms with E-state index in [2.05, 4.69) is 5.16 Å². The molecule has 9 heteroatoms. The minimum atomic E-state index is -1.40. The number of ether oxygens (including phenoxy) is 1. The summed E-state index contributed by atoms with van der Waals surface area (Å²) in [6.07, 6.45) is -0.177. The predicted octanol–water partition coefficient (Wildman–Crippen LogP) is 2.76. The number of nitrogens with zero attached hydrogens (tertiary/aromatic N) is 2. The molecule has 2 aliphatic rings. The molecule has 144 valence electrons. The van der Waals surface area contributed by atoms with Crippen LogP contribution in [0.15, 0.2) is 29.4 Å². The minimum absolute atomic E-state index is 0.0936. The van der Waals surface area contributed by atoms with Gasteiger partial charge in [-0.1, -0.05) is 28.9 Å². The number of Topliss-reactive ketones (excluding diaryl/α,β-unsaturated/α-hetero) is 1. The molecule has 0 N–H and O–H groups in total. The smallest absolute Gasteiger partial charge is 0.317 e. The van der Waals surface area contributed by atoms with E-state index in [4.69, 9.17) is 21.2 Å². The first-order chi connectivity index (χ1) is 12.8. The highest BCUT2D eigenvalue weighted by molar-refractivity contribution is 6.30. The molecule has 0 bridgehead atoms. The summed E-state index contributed by atoms with van der Waals surface area (Å²) in [6, 6.07) is 5.46. The third-order valence-electron chi connectivity index (χ3n) is 5.10. The number of carbonyl (C=O) groups is 2. The molecule has 1 aliphatic carbocycles. The van der Waals surface area contributed by atoms with E-state index in [-0.39, 0.29) is 25.2 Å². The van der Waals surface area contributed by atoms with E-state index in [1.807, 2.05) is 0 Å². The molecule has 4 atom stereocenters. The van der Waals surface area contributed by atoms with Gasteiger partial charge in [-0.15, -0.1) is 0 Å². The minimum Gasteiger partial charge on any atom is -0.465 e. The van der Waals surface area contributed by atoms with Crippen LogP contribution in [0.2, 0.25) is 5.02 Å². The van der Waals surface area contributed by atoms with Crippen molar-refractivity contribution in [1.29, 1.82) is 0 Å². The van der Waals surface area contributed by atoms with Gasteiger partial charge in [-0.2, -0.15) is 0 Å². The summed E-state index contributed by atoms with van der Waals surface area (Å²) < 4.78 is 5.08. The van der Waals surface area contributed by atoms with E-state index < -0.39 is 40.2 Å². The SMILES string of the molecule is CCOC(=O)[C@@H]1C(=O)C[C@@]2(C[C@@H]1c1ccc(Cl)cc1)ON=C(C)[C@@H]2[N+](=O)[O-]. The highest BCUT2D eigenvalue weighted by Crippen LogP contribution is 2.47. The molecule has 1 heterocycles. The second kappa shape index (κ2) is 7.26. The standard InChI is InChI=1S/C18H19ClN2O6/c1-3-26-17(23)15-13(11-4-6-12(19)7-5-11)8-18(9-14(15)22)16(21(24)25)10(2)20-27-18/h4-7,13,15-16H,3,8-9H2,1-2H3/t13-,15+,16+,18-/m1/s1. The van der Waals surface area contributed by atoms with E-state index in [9.17, 15) is 19.7 Å². The second-order valence-electron chi connectivity index (χ2n) is 6.81. The van der Waals surface area contributed by atoms with Crippen LogP contribution in [0.5, 0.6) is 0 Å².